The van der Waals surface area contributed by atoms with Gasteiger partial charge in [-0.05, 0) is 24.1 Å². The van der Waals surface area contributed by atoms with E-state index in [-0.39, 0.29) is 12.8 Å². The Balaban J connectivity index is 3.31. The Kier molecular flexibility index (Phi) is 4.22. The van der Waals surface area contributed by atoms with Crippen molar-refractivity contribution in [2.24, 2.45) is 0 Å². The van der Waals surface area contributed by atoms with Crippen LogP contribution in [-0.4, -0.2) is 5.24 Å². The molecule has 0 radical (unpaired) electrons. The van der Waals surface area contributed by atoms with Gasteiger partial charge in [0.05, 0.1) is 0 Å². The normalized spacial score (nSPS) is 8.78. The van der Waals surface area contributed by atoms with E-state index in [1.54, 1.807) is 0 Å². The van der Waals surface area contributed by atoms with E-state index < -0.39 is 11.3 Å². The first-order valence-corrected chi connectivity index (χ1v) is 2.70. The van der Waals surface area contributed by atoms with Gasteiger partial charge >= 0.3 is 0 Å². The van der Waals surface area contributed by atoms with Gasteiger partial charge in [0, 0.05) is 6.42 Å². The van der Waals surface area contributed by atoms with E-state index in [1.807, 2.05) is 0 Å². The standard InChI is InChI=1S/C5H5ClF2O/c6-4(9)2-1-3-5(7)8/h3H,1-2H2. The second kappa shape index (κ2) is 4.44. The quantitative estimate of drug-likeness (QED) is 0.570. The Hall–Kier alpha value is -0.440. The van der Waals surface area contributed by atoms with Crippen LogP contribution in [-0.2, 0) is 4.79 Å². The number of carbonyl (C=O) groups excluding carboxylic acids is 1. The monoisotopic (exact) mass is 154 g/mol. The molecule has 0 bridgehead atoms. The highest BCUT2D eigenvalue weighted by Crippen LogP contribution is 2.02. The van der Waals surface area contributed by atoms with Gasteiger partial charge in [0.2, 0.25) is 5.24 Å². The summed E-state index contributed by atoms with van der Waals surface area (Å²) in [6.07, 6.45) is -1.11. The second-order valence-corrected chi connectivity index (χ2v) is 1.81. The summed E-state index contributed by atoms with van der Waals surface area (Å²) in [5.41, 5.74) is 0. The van der Waals surface area contributed by atoms with Gasteiger partial charge in [0.15, 0.2) is 0 Å². The summed E-state index contributed by atoms with van der Waals surface area (Å²) in [4.78, 5) is 9.92. The van der Waals surface area contributed by atoms with Crippen molar-refractivity contribution >= 4 is 16.8 Å². The van der Waals surface area contributed by atoms with Crippen molar-refractivity contribution < 1.29 is 13.6 Å². The molecule has 0 atom stereocenters. The smallest absolute Gasteiger partial charge is 0.266 e. The van der Waals surface area contributed by atoms with Gasteiger partial charge in [-0.25, -0.2) is 0 Å². The zero-order valence-electron chi connectivity index (χ0n) is 4.53. The largest absolute Gasteiger partial charge is 0.281 e. The van der Waals surface area contributed by atoms with Crippen LogP contribution in [0.25, 0.3) is 0 Å². The predicted molar refractivity (Wildman–Crippen MR) is 30.4 cm³/mol. The van der Waals surface area contributed by atoms with E-state index in [1.165, 1.54) is 0 Å². The Morgan fingerprint density at radius 2 is 2.11 bits per heavy atom. The van der Waals surface area contributed by atoms with Crippen molar-refractivity contribution in [2.75, 3.05) is 0 Å². The molecule has 0 aromatic carbocycles. The first-order chi connectivity index (χ1) is 4.13. The van der Waals surface area contributed by atoms with E-state index in [0.717, 1.165) is 0 Å². The predicted octanol–water partition coefficient (Wildman–Crippen LogP) is 2.31. The molecule has 9 heavy (non-hydrogen) atoms. The lowest BCUT2D eigenvalue weighted by atomic mass is 10.3. The van der Waals surface area contributed by atoms with Gasteiger partial charge in [-0.3, -0.25) is 4.79 Å². The fourth-order valence-corrected chi connectivity index (χ4v) is 0.404. The Morgan fingerprint density at radius 3 is 2.44 bits per heavy atom. The Bertz CT molecular complexity index is 129. The highest BCUT2D eigenvalue weighted by molar-refractivity contribution is 6.63. The molecule has 0 saturated heterocycles. The number of rotatable bonds is 3. The molecule has 0 unspecified atom stereocenters. The highest BCUT2D eigenvalue weighted by Gasteiger charge is 1.93. The van der Waals surface area contributed by atoms with Crippen molar-refractivity contribution in [3.05, 3.63) is 12.2 Å². The maximum atomic E-state index is 11.2. The Labute approximate surface area is 56.3 Å². The van der Waals surface area contributed by atoms with Crippen LogP contribution in [0.4, 0.5) is 8.78 Å². The molecule has 1 nitrogen and oxygen atoms in total. The molecule has 0 aliphatic rings. The summed E-state index contributed by atoms with van der Waals surface area (Å²) >= 11 is 4.85. The molecule has 0 spiro atoms. The molecule has 0 fully saturated rings. The van der Waals surface area contributed by atoms with Gasteiger partial charge in [0.1, 0.15) is 0 Å². The number of carbonyl (C=O) groups is 1. The minimum atomic E-state index is -1.77. The molecule has 0 rings (SSSR count). The molecule has 0 aliphatic heterocycles. The summed E-state index contributed by atoms with van der Waals surface area (Å²) in [6.45, 7) is 0. The molecule has 0 aromatic rings. The minimum Gasteiger partial charge on any atom is -0.281 e. The first kappa shape index (κ1) is 8.56. The molecule has 0 aromatic heterocycles. The molecule has 0 aliphatic carbocycles. The van der Waals surface area contributed by atoms with Gasteiger partial charge in [-0.2, -0.15) is 8.78 Å². The SMILES string of the molecule is O=C(Cl)CCC=C(F)F. The van der Waals surface area contributed by atoms with Crippen LogP contribution in [0.3, 0.4) is 0 Å². The zero-order valence-corrected chi connectivity index (χ0v) is 5.29. The summed E-state index contributed by atoms with van der Waals surface area (Å²) in [5.74, 6) is 0. The summed E-state index contributed by atoms with van der Waals surface area (Å²) in [6, 6.07) is 0. The maximum absolute atomic E-state index is 11.2. The summed E-state index contributed by atoms with van der Waals surface area (Å²) in [5, 5.41) is -0.590. The first-order valence-electron chi connectivity index (χ1n) is 2.32. The fraction of sp³-hybridized carbons (Fsp3) is 0.400. The molecule has 0 saturated carbocycles. The van der Waals surface area contributed by atoms with E-state index in [0.29, 0.717) is 6.08 Å². The van der Waals surface area contributed by atoms with Crippen molar-refractivity contribution in [3.8, 4) is 0 Å². The van der Waals surface area contributed by atoms with Crippen LogP contribution in [0, 0.1) is 0 Å². The third kappa shape index (κ3) is 7.56. The van der Waals surface area contributed by atoms with Crippen LogP contribution in [0.5, 0.6) is 0 Å². The molecule has 0 heterocycles. The van der Waals surface area contributed by atoms with E-state index in [2.05, 4.69) is 0 Å². The number of hydrogen-bond acceptors (Lipinski definition) is 1. The topological polar surface area (TPSA) is 17.1 Å². The zero-order chi connectivity index (χ0) is 7.28. The number of allylic oxidation sites excluding steroid dienone is 1. The van der Waals surface area contributed by atoms with Crippen molar-refractivity contribution in [3.63, 3.8) is 0 Å². The summed E-state index contributed by atoms with van der Waals surface area (Å²) in [7, 11) is 0. The van der Waals surface area contributed by atoms with E-state index in [4.69, 9.17) is 11.6 Å². The van der Waals surface area contributed by atoms with Gasteiger partial charge in [-0.15, -0.1) is 0 Å². The third-order valence-electron chi connectivity index (χ3n) is 0.640. The average molecular weight is 155 g/mol. The Morgan fingerprint density at radius 1 is 1.56 bits per heavy atom. The molecule has 0 N–H and O–H groups in total. The highest BCUT2D eigenvalue weighted by atomic mass is 35.5. The van der Waals surface area contributed by atoms with Crippen LogP contribution in [0.1, 0.15) is 12.8 Å². The van der Waals surface area contributed by atoms with E-state index in [9.17, 15) is 13.6 Å². The lowest BCUT2D eigenvalue weighted by Crippen LogP contribution is -1.82. The lowest BCUT2D eigenvalue weighted by Gasteiger charge is -1.83. The number of halogens is 3. The maximum Gasteiger partial charge on any atom is 0.266 e. The molecule has 4 heteroatoms. The van der Waals surface area contributed by atoms with E-state index >= 15 is 0 Å². The van der Waals surface area contributed by atoms with Gasteiger partial charge in [0.25, 0.3) is 6.08 Å². The van der Waals surface area contributed by atoms with Crippen LogP contribution < -0.4 is 0 Å². The fourth-order valence-electron chi connectivity index (χ4n) is 0.295. The van der Waals surface area contributed by atoms with Crippen LogP contribution in [0.2, 0.25) is 0 Å². The lowest BCUT2D eigenvalue weighted by molar-refractivity contribution is -0.111. The number of hydrogen-bond donors (Lipinski definition) is 0. The van der Waals surface area contributed by atoms with Crippen molar-refractivity contribution in [1.82, 2.24) is 0 Å². The molecular formula is C5H5ClF2O. The van der Waals surface area contributed by atoms with Crippen molar-refractivity contribution in [1.29, 1.82) is 0 Å². The third-order valence-corrected chi connectivity index (χ3v) is 0.829. The van der Waals surface area contributed by atoms with Crippen molar-refractivity contribution in [2.45, 2.75) is 12.8 Å². The van der Waals surface area contributed by atoms with Crippen LogP contribution in [0.15, 0.2) is 12.2 Å². The second-order valence-electron chi connectivity index (χ2n) is 1.39. The molecule has 0 amide bonds. The van der Waals surface area contributed by atoms with Gasteiger partial charge < -0.3 is 0 Å². The van der Waals surface area contributed by atoms with Gasteiger partial charge in [-0.1, -0.05) is 0 Å². The molecule has 52 valence electrons. The minimum absolute atomic E-state index is 0.0185. The summed E-state index contributed by atoms with van der Waals surface area (Å²) < 4.78 is 22.4. The molecular weight excluding hydrogens is 150 g/mol. The average Bonchev–Trinajstić information content (AvgIpc) is 1.63. The van der Waals surface area contributed by atoms with Crippen LogP contribution >= 0.6 is 11.6 Å².